The smallest absolute Gasteiger partial charge is 0.313 e. The van der Waals surface area contributed by atoms with Gasteiger partial charge in [-0.2, -0.15) is 0 Å². The Balaban J connectivity index is 1.13. The van der Waals surface area contributed by atoms with Crippen molar-refractivity contribution < 1.29 is 58.5 Å². The van der Waals surface area contributed by atoms with Crippen LogP contribution in [0.1, 0.15) is 68.0 Å². The summed E-state index contributed by atoms with van der Waals surface area (Å²) in [7, 11) is 1.40. The first kappa shape index (κ1) is 34.9. The molecule has 2 heterocycles. The molecular weight excluding hydrogens is 684 g/mol. The first-order chi connectivity index (χ1) is 25.5. The predicted molar refractivity (Wildman–Crippen MR) is 188 cm³/mol. The van der Waals surface area contributed by atoms with Crippen molar-refractivity contribution in [3.63, 3.8) is 0 Å². The van der Waals surface area contributed by atoms with Crippen LogP contribution >= 0.6 is 0 Å². The number of hydrogen-bond donors (Lipinski definition) is 4. The molecule has 5 aromatic rings. The molecule has 0 aliphatic carbocycles. The fourth-order valence-corrected chi connectivity index (χ4v) is 6.40. The largest absolute Gasteiger partial charge is 0.508 e. The summed E-state index contributed by atoms with van der Waals surface area (Å²) in [5, 5.41) is 41.4. The first-order valence-corrected chi connectivity index (χ1v) is 16.7. The van der Waals surface area contributed by atoms with Crippen molar-refractivity contribution in [3.8, 4) is 40.2 Å². The summed E-state index contributed by atoms with van der Waals surface area (Å²) < 4.78 is 29.8. The van der Waals surface area contributed by atoms with Crippen LogP contribution in [0, 0.1) is 0 Å². The van der Waals surface area contributed by atoms with E-state index in [1.807, 2.05) is 6.07 Å². The lowest BCUT2D eigenvalue weighted by Gasteiger charge is -2.35. The molecule has 4 N–H and O–H groups in total. The second-order valence-electron chi connectivity index (χ2n) is 12.7. The Morgan fingerprint density at radius 3 is 2.23 bits per heavy atom. The van der Waals surface area contributed by atoms with Gasteiger partial charge in [0.25, 0.3) is 0 Å². The van der Waals surface area contributed by atoms with Gasteiger partial charge < -0.3 is 44.1 Å². The second-order valence-corrected chi connectivity index (χ2v) is 12.7. The Hall–Kier alpha value is -6.53. The monoisotopic (exact) mass is 718 g/mol. The van der Waals surface area contributed by atoms with E-state index in [1.54, 1.807) is 79.7 Å². The van der Waals surface area contributed by atoms with E-state index in [-0.39, 0.29) is 52.5 Å². The number of Topliss-reactive ketones (excluding diaryl/α,β-unsaturated/α-hetero) is 1. The van der Waals surface area contributed by atoms with Gasteiger partial charge in [-0.15, -0.1) is 0 Å². The number of ketones is 2. The zero-order chi connectivity index (χ0) is 37.4. The number of ether oxygens (including phenoxy) is 5. The van der Waals surface area contributed by atoms with Gasteiger partial charge in [-0.25, -0.2) is 0 Å². The summed E-state index contributed by atoms with van der Waals surface area (Å²) >= 11 is 0. The average Bonchev–Trinajstić information content (AvgIpc) is 3.17. The maximum atomic E-state index is 13.4. The molecule has 0 radical (unpaired) electrons. The van der Waals surface area contributed by atoms with E-state index >= 15 is 0 Å². The van der Waals surface area contributed by atoms with Crippen molar-refractivity contribution in [1.29, 1.82) is 0 Å². The average molecular weight is 719 g/mol. The highest BCUT2D eigenvalue weighted by Crippen LogP contribution is 2.46. The molecule has 5 atom stereocenters. The fraction of sp³-hybridized carbons (Fsp3) is 0.195. The summed E-state index contributed by atoms with van der Waals surface area (Å²) in [5.41, 5.74) is 2.15. The number of phenolic OH excluding ortho intramolecular Hbond substituents is 3. The Labute approximate surface area is 303 Å². The van der Waals surface area contributed by atoms with Gasteiger partial charge in [0.2, 0.25) is 5.78 Å². The van der Waals surface area contributed by atoms with Crippen LogP contribution in [0.2, 0.25) is 0 Å². The lowest BCUT2D eigenvalue weighted by atomic mass is 9.92. The molecular formula is C41H34O12. The van der Waals surface area contributed by atoms with E-state index in [0.29, 0.717) is 27.8 Å². The normalized spacial score (nSPS) is 19.3. The van der Waals surface area contributed by atoms with E-state index in [9.17, 15) is 34.8 Å². The van der Waals surface area contributed by atoms with E-state index in [2.05, 4.69) is 0 Å². The van der Waals surface area contributed by atoms with Crippen molar-refractivity contribution in [2.45, 2.75) is 37.3 Å². The number of rotatable bonds is 9. The molecule has 12 nitrogen and oxygen atoms in total. The highest BCUT2D eigenvalue weighted by atomic mass is 16.6. The van der Waals surface area contributed by atoms with Crippen LogP contribution in [-0.2, 0) is 9.53 Å². The van der Waals surface area contributed by atoms with E-state index < -0.39 is 47.8 Å². The Kier molecular flexibility index (Phi) is 9.38. The summed E-state index contributed by atoms with van der Waals surface area (Å²) in [4.78, 5) is 39.5. The van der Waals surface area contributed by atoms with E-state index in [1.165, 1.54) is 25.3 Å². The zero-order valence-electron chi connectivity index (χ0n) is 28.5. The molecule has 0 amide bonds. The van der Waals surface area contributed by atoms with Gasteiger partial charge >= 0.3 is 5.97 Å². The van der Waals surface area contributed by atoms with E-state index in [0.717, 1.165) is 6.07 Å². The van der Waals surface area contributed by atoms with Crippen LogP contribution in [0.15, 0.2) is 103 Å². The molecule has 0 saturated heterocycles. The molecule has 270 valence electrons. The van der Waals surface area contributed by atoms with Crippen molar-refractivity contribution in [3.05, 3.63) is 137 Å². The Morgan fingerprint density at radius 2 is 1.45 bits per heavy atom. The molecule has 12 heteroatoms. The molecule has 0 saturated carbocycles. The molecule has 5 aromatic carbocycles. The van der Waals surface area contributed by atoms with Gasteiger partial charge in [0, 0.05) is 28.8 Å². The van der Waals surface area contributed by atoms with Gasteiger partial charge in [0.15, 0.2) is 53.2 Å². The van der Waals surface area contributed by atoms with Crippen molar-refractivity contribution in [1.82, 2.24) is 0 Å². The number of esters is 1. The topological polar surface area (TPSA) is 178 Å². The molecule has 2 aliphatic heterocycles. The van der Waals surface area contributed by atoms with Crippen LogP contribution in [-0.4, -0.2) is 63.9 Å². The predicted octanol–water partition coefficient (Wildman–Crippen LogP) is 5.95. The maximum Gasteiger partial charge on any atom is 0.313 e. The highest BCUT2D eigenvalue weighted by Gasteiger charge is 2.41. The van der Waals surface area contributed by atoms with Gasteiger partial charge in [-0.1, -0.05) is 60.7 Å². The van der Waals surface area contributed by atoms with Gasteiger partial charge in [-0.3, -0.25) is 14.4 Å². The maximum absolute atomic E-state index is 13.4. The van der Waals surface area contributed by atoms with Crippen LogP contribution in [0.25, 0.3) is 0 Å². The minimum absolute atomic E-state index is 0.0996. The van der Waals surface area contributed by atoms with Crippen LogP contribution in [0.4, 0.5) is 0 Å². The number of fused-ring (bicyclic) bond motifs is 2. The number of phenols is 3. The first-order valence-electron chi connectivity index (χ1n) is 16.7. The number of methoxy groups -OCH3 is 1. The molecule has 0 fully saturated rings. The number of aliphatic hydroxyl groups is 1. The minimum Gasteiger partial charge on any atom is -0.508 e. The Bertz CT molecular complexity index is 2210. The minimum atomic E-state index is -1.69. The molecule has 3 unspecified atom stereocenters. The summed E-state index contributed by atoms with van der Waals surface area (Å²) in [5.74, 6) is -2.66. The third-order valence-electron chi connectivity index (χ3n) is 9.25. The standard InChI is InChI=1S/C41H34O12/c1-21(23-9-6-10-24(15-23)36(45)22-7-4-3-5-8-22)41(48)50-20-34-39(25-11-13-28(43)31(16-25)49-2)52-32-17-26(12-14-30(32)51-34)40-38(47)37(46)35-29(44)18-27(42)19-33(35)53-40/h3-19,21,34,38-40,42-44,47H,20H2,1-2H3/t21?,34-,38?,39?,40-/m0/s1. The van der Waals surface area contributed by atoms with Gasteiger partial charge in [0.1, 0.15) is 29.4 Å². The van der Waals surface area contributed by atoms with Crippen LogP contribution in [0.5, 0.6) is 40.2 Å². The van der Waals surface area contributed by atoms with Crippen LogP contribution < -0.4 is 18.9 Å². The molecule has 0 bridgehead atoms. The quantitative estimate of drug-likeness (QED) is 0.104. The SMILES string of the molecule is COc1cc(C2Oc3cc([C@@H]4Oc5cc(O)cc(O)c5C(=O)C4O)ccc3O[C@H]2COC(=O)C(C)c2cccc(C(=O)c3ccccc3)c2)ccc1O. The van der Waals surface area contributed by atoms with Crippen molar-refractivity contribution >= 4 is 17.5 Å². The number of hydrogen-bond acceptors (Lipinski definition) is 12. The summed E-state index contributed by atoms with van der Waals surface area (Å²) in [6, 6.07) is 27.1. The lowest BCUT2D eigenvalue weighted by Crippen LogP contribution is -2.38. The summed E-state index contributed by atoms with van der Waals surface area (Å²) in [6.07, 6.45) is -4.71. The zero-order valence-corrected chi connectivity index (χ0v) is 28.5. The number of aromatic hydroxyl groups is 3. The second kappa shape index (κ2) is 14.2. The number of carbonyl (C=O) groups is 3. The summed E-state index contributed by atoms with van der Waals surface area (Å²) in [6.45, 7) is 1.43. The van der Waals surface area contributed by atoms with E-state index in [4.69, 9.17) is 23.7 Å². The Morgan fingerprint density at radius 1 is 0.736 bits per heavy atom. The molecule has 0 spiro atoms. The highest BCUT2D eigenvalue weighted by molar-refractivity contribution is 6.09. The lowest BCUT2D eigenvalue weighted by molar-refractivity contribution is -0.150. The van der Waals surface area contributed by atoms with Gasteiger partial charge in [0.05, 0.1) is 13.0 Å². The van der Waals surface area contributed by atoms with Gasteiger partial charge in [-0.05, 0) is 48.4 Å². The third kappa shape index (κ3) is 6.79. The molecule has 7 rings (SSSR count). The van der Waals surface area contributed by atoms with Crippen molar-refractivity contribution in [2.24, 2.45) is 0 Å². The van der Waals surface area contributed by atoms with Crippen molar-refractivity contribution in [2.75, 3.05) is 13.7 Å². The number of benzene rings is 5. The molecule has 0 aromatic heterocycles. The number of aliphatic hydroxyl groups excluding tert-OH is 1. The molecule has 2 aliphatic rings. The fourth-order valence-electron chi connectivity index (χ4n) is 6.40. The van der Waals surface area contributed by atoms with Crippen LogP contribution in [0.3, 0.4) is 0 Å². The molecule has 53 heavy (non-hydrogen) atoms. The third-order valence-corrected chi connectivity index (χ3v) is 9.25. The number of carbonyl (C=O) groups excluding carboxylic acids is 3.